The minimum atomic E-state index is 0.0660. The molecule has 0 unspecified atom stereocenters. The lowest BCUT2D eigenvalue weighted by Crippen LogP contribution is -2.35. The Hall–Kier alpha value is -1.01. The number of aryl methyl sites for hydroxylation is 1. The van der Waals surface area contributed by atoms with E-state index < -0.39 is 0 Å². The smallest absolute Gasteiger partial charge is 0.267 e. The number of ether oxygens (including phenoxy) is 1. The molecule has 1 aliphatic heterocycles. The van der Waals surface area contributed by atoms with Crippen LogP contribution in [-0.2, 0) is 11.2 Å². The number of carbonyl (C=O) groups is 1. The van der Waals surface area contributed by atoms with Crippen LogP contribution in [0.5, 0.6) is 0 Å². The molecule has 1 amide bonds. The Bertz CT molecular complexity index is 402. The molecule has 2 rings (SSSR count). The summed E-state index contributed by atoms with van der Waals surface area (Å²) >= 11 is 1.20. The zero-order chi connectivity index (χ0) is 13.0. The summed E-state index contributed by atoms with van der Waals surface area (Å²) in [7, 11) is 0. The molecule has 0 saturated carbocycles. The van der Waals surface area contributed by atoms with Crippen LogP contribution in [0, 0.1) is 5.92 Å². The van der Waals surface area contributed by atoms with Gasteiger partial charge in [0.1, 0.15) is 4.88 Å². The molecule has 0 radical (unpaired) electrons. The third kappa shape index (κ3) is 2.87. The second-order valence-corrected chi connectivity index (χ2v) is 5.23. The molecule has 6 heteroatoms. The van der Waals surface area contributed by atoms with E-state index in [1.54, 1.807) is 0 Å². The van der Waals surface area contributed by atoms with Gasteiger partial charge in [-0.2, -0.15) is 0 Å². The van der Waals surface area contributed by atoms with Crippen molar-refractivity contribution in [2.24, 2.45) is 5.92 Å². The minimum Gasteiger partial charge on any atom is -0.381 e. The first-order valence-corrected chi connectivity index (χ1v) is 7.21. The average molecular weight is 269 g/mol. The van der Waals surface area contributed by atoms with Crippen molar-refractivity contribution in [1.29, 1.82) is 0 Å². The van der Waals surface area contributed by atoms with Gasteiger partial charge in [0, 0.05) is 25.6 Å². The molecule has 5 nitrogen and oxygen atoms in total. The summed E-state index contributed by atoms with van der Waals surface area (Å²) in [6.07, 6.45) is 1.80. The summed E-state index contributed by atoms with van der Waals surface area (Å²) in [5.41, 5.74) is 0.811. The predicted octanol–water partition coefficient (Wildman–Crippen LogP) is 1.60. The Morgan fingerprint density at radius 1 is 1.56 bits per heavy atom. The molecule has 1 atom stereocenters. The fourth-order valence-electron chi connectivity index (χ4n) is 2.14. The van der Waals surface area contributed by atoms with Gasteiger partial charge >= 0.3 is 0 Å². The predicted molar refractivity (Wildman–Crippen MR) is 69.8 cm³/mol. The third-order valence-corrected chi connectivity index (χ3v) is 4.01. The van der Waals surface area contributed by atoms with Crippen LogP contribution in [0.25, 0.3) is 0 Å². The van der Waals surface area contributed by atoms with Crippen molar-refractivity contribution in [1.82, 2.24) is 14.5 Å². The maximum atomic E-state index is 12.4. The Morgan fingerprint density at radius 3 is 3.00 bits per heavy atom. The van der Waals surface area contributed by atoms with Gasteiger partial charge in [0.25, 0.3) is 5.91 Å². The highest BCUT2D eigenvalue weighted by atomic mass is 32.1. The second kappa shape index (κ2) is 6.24. The number of aromatic nitrogens is 2. The largest absolute Gasteiger partial charge is 0.381 e. The molecule has 1 aromatic heterocycles. The maximum absolute atomic E-state index is 12.4. The molecule has 18 heavy (non-hydrogen) atoms. The van der Waals surface area contributed by atoms with Crippen LogP contribution < -0.4 is 0 Å². The fourth-order valence-corrected chi connectivity index (χ4v) is 2.86. The van der Waals surface area contributed by atoms with E-state index in [0.717, 1.165) is 44.8 Å². The van der Waals surface area contributed by atoms with E-state index >= 15 is 0 Å². The van der Waals surface area contributed by atoms with E-state index in [4.69, 9.17) is 4.74 Å². The van der Waals surface area contributed by atoms with E-state index in [-0.39, 0.29) is 5.91 Å². The van der Waals surface area contributed by atoms with Crippen molar-refractivity contribution in [3.05, 3.63) is 10.6 Å². The molecule has 100 valence electrons. The molecule has 1 aliphatic rings. The van der Waals surface area contributed by atoms with E-state index in [0.29, 0.717) is 10.8 Å². The van der Waals surface area contributed by atoms with Gasteiger partial charge < -0.3 is 9.64 Å². The van der Waals surface area contributed by atoms with Gasteiger partial charge in [-0.1, -0.05) is 11.4 Å². The SMILES string of the molecule is CCc1nnsc1C(=O)N(CC)C[C@H]1CCOC1. The van der Waals surface area contributed by atoms with Crippen molar-refractivity contribution in [2.45, 2.75) is 26.7 Å². The highest BCUT2D eigenvalue weighted by molar-refractivity contribution is 7.07. The van der Waals surface area contributed by atoms with Crippen molar-refractivity contribution >= 4 is 17.4 Å². The van der Waals surface area contributed by atoms with Gasteiger partial charge in [-0.3, -0.25) is 4.79 Å². The molecular weight excluding hydrogens is 250 g/mol. The molecule has 1 fully saturated rings. The Labute approximate surface area is 111 Å². The maximum Gasteiger partial charge on any atom is 0.267 e. The Balaban J connectivity index is 2.04. The van der Waals surface area contributed by atoms with E-state index in [2.05, 4.69) is 9.59 Å². The second-order valence-electron chi connectivity index (χ2n) is 4.48. The summed E-state index contributed by atoms with van der Waals surface area (Å²) in [5, 5.41) is 4.00. The standard InChI is InChI=1S/C12H19N3O2S/c1-3-10-11(18-14-13-10)12(16)15(4-2)7-9-5-6-17-8-9/h9H,3-8H2,1-2H3/t9-/m1/s1. The van der Waals surface area contributed by atoms with Crippen LogP contribution in [0.1, 0.15) is 35.6 Å². The van der Waals surface area contributed by atoms with Crippen LogP contribution in [0.2, 0.25) is 0 Å². The molecule has 0 aliphatic carbocycles. The quantitative estimate of drug-likeness (QED) is 0.814. The molecule has 0 spiro atoms. The number of amides is 1. The van der Waals surface area contributed by atoms with Gasteiger partial charge in [-0.05, 0) is 31.3 Å². The van der Waals surface area contributed by atoms with Gasteiger partial charge in [0.15, 0.2) is 0 Å². The molecular formula is C12H19N3O2S. The molecule has 2 heterocycles. The van der Waals surface area contributed by atoms with E-state index in [9.17, 15) is 4.79 Å². The minimum absolute atomic E-state index is 0.0660. The van der Waals surface area contributed by atoms with Crippen LogP contribution in [0.3, 0.4) is 0 Å². The summed E-state index contributed by atoms with van der Waals surface area (Å²) in [4.78, 5) is 15.0. The number of nitrogens with zero attached hydrogens (tertiary/aromatic N) is 3. The number of hydrogen-bond donors (Lipinski definition) is 0. The lowest BCUT2D eigenvalue weighted by Gasteiger charge is -2.23. The van der Waals surface area contributed by atoms with Crippen molar-refractivity contribution in [3.8, 4) is 0 Å². The van der Waals surface area contributed by atoms with Gasteiger partial charge in [0.05, 0.1) is 12.3 Å². The van der Waals surface area contributed by atoms with Crippen molar-refractivity contribution in [2.75, 3.05) is 26.3 Å². The number of carbonyl (C=O) groups excluding carboxylic acids is 1. The summed E-state index contributed by atoms with van der Waals surface area (Å²) < 4.78 is 9.24. The Kier molecular flexibility index (Phi) is 4.66. The number of rotatable bonds is 5. The molecule has 0 bridgehead atoms. The monoisotopic (exact) mass is 269 g/mol. The van der Waals surface area contributed by atoms with Crippen molar-refractivity contribution < 1.29 is 9.53 Å². The first-order chi connectivity index (χ1) is 8.76. The lowest BCUT2D eigenvalue weighted by molar-refractivity contribution is 0.0734. The van der Waals surface area contributed by atoms with Gasteiger partial charge in [0.2, 0.25) is 0 Å². The average Bonchev–Trinajstić information content (AvgIpc) is 3.05. The number of hydrogen-bond acceptors (Lipinski definition) is 5. The summed E-state index contributed by atoms with van der Waals surface area (Å²) in [6, 6.07) is 0. The summed E-state index contributed by atoms with van der Waals surface area (Å²) in [6.45, 7) is 7.08. The molecule has 0 aromatic carbocycles. The van der Waals surface area contributed by atoms with Crippen molar-refractivity contribution in [3.63, 3.8) is 0 Å². The van der Waals surface area contributed by atoms with Gasteiger partial charge in [-0.15, -0.1) is 5.10 Å². The van der Waals surface area contributed by atoms with Crippen LogP contribution in [-0.4, -0.2) is 46.7 Å². The highest BCUT2D eigenvalue weighted by Gasteiger charge is 2.25. The first kappa shape index (κ1) is 13.4. The third-order valence-electron chi connectivity index (χ3n) is 3.26. The van der Waals surface area contributed by atoms with Gasteiger partial charge in [-0.25, -0.2) is 0 Å². The fraction of sp³-hybridized carbons (Fsp3) is 0.750. The highest BCUT2D eigenvalue weighted by Crippen LogP contribution is 2.18. The lowest BCUT2D eigenvalue weighted by atomic mass is 10.1. The normalized spacial score (nSPS) is 19.1. The molecule has 1 saturated heterocycles. The van der Waals surface area contributed by atoms with Crippen LogP contribution in [0.15, 0.2) is 0 Å². The molecule has 1 aromatic rings. The van der Waals surface area contributed by atoms with E-state index in [1.807, 2.05) is 18.7 Å². The summed E-state index contributed by atoms with van der Waals surface area (Å²) in [5.74, 6) is 0.538. The molecule has 0 N–H and O–H groups in total. The Morgan fingerprint density at radius 2 is 2.39 bits per heavy atom. The zero-order valence-electron chi connectivity index (χ0n) is 10.9. The zero-order valence-corrected chi connectivity index (χ0v) is 11.7. The van der Waals surface area contributed by atoms with Crippen LogP contribution >= 0.6 is 11.5 Å². The van der Waals surface area contributed by atoms with Crippen LogP contribution in [0.4, 0.5) is 0 Å². The van der Waals surface area contributed by atoms with E-state index in [1.165, 1.54) is 11.5 Å². The topological polar surface area (TPSA) is 55.3 Å². The first-order valence-electron chi connectivity index (χ1n) is 6.44.